The SMILES string of the molecule is Cc1ccc(CCCC(=O)NC23CC4CC(CC(C4)C2)C3)cc1. The molecule has 4 saturated carbocycles. The van der Waals surface area contributed by atoms with E-state index in [2.05, 4.69) is 36.5 Å². The predicted octanol–water partition coefficient (Wildman–Crippen LogP) is 4.40. The number of benzene rings is 1. The number of amides is 1. The molecule has 2 heteroatoms. The van der Waals surface area contributed by atoms with Crippen LogP contribution >= 0.6 is 0 Å². The highest BCUT2D eigenvalue weighted by Gasteiger charge is 2.51. The molecule has 4 fully saturated rings. The van der Waals surface area contributed by atoms with Gasteiger partial charge < -0.3 is 5.32 Å². The monoisotopic (exact) mass is 311 g/mol. The standard InChI is InChI=1S/C21H29NO/c1-15-5-7-16(8-6-15)3-2-4-20(23)22-21-12-17-9-18(13-21)11-19(10-17)14-21/h5-8,17-19H,2-4,9-14H2,1H3,(H,22,23). The summed E-state index contributed by atoms with van der Waals surface area (Å²) in [5.74, 6) is 2.98. The third kappa shape index (κ3) is 3.32. The molecule has 4 bridgehead atoms. The highest BCUT2D eigenvalue weighted by Crippen LogP contribution is 2.55. The van der Waals surface area contributed by atoms with Gasteiger partial charge >= 0.3 is 0 Å². The molecule has 0 heterocycles. The Balaban J connectivity index is 1.28. The van der Waals surface area contributed by atoms with E-state index in [1.165, 1.54) is 49.7 Å². The van der Waals surface area contributed by atoms with E-state index >= 15 is 0 Å². The lowest BCUT2D eigenvalue weighted by atomic mass is 9.53. The van der Waals surface area contributed by atoms with Crippen LogP contribution in [0.2, 0.25) is 0 Å². The molecule has 1 amide bonds. The van der Waals surface area contributed by atoms with Gasteiger partial charge in [0.15, 0.2) is 0 Å². The molecule has 1 aromatic rings. The normalized spacial score (nSPS) is 34.6. The molecule has 0 aromatic heterocycles. The first-order valence-corrected chi connectivity index (χ1v) is 9.47. The number of rotatable bonds is 5. The molecular formula is C21H29NO. The predicted molar refractivity (Wildman–Crippen MR) is 93.2 cm³/mol. The Bertz CT molecular complexity index is 539. The zero-order valence-corrected chi connectivity index (χ0v) is 14.3. The Labute approximate surface area is 140 Å². The van der Waals surface area contributed by atoms with Crippen LogP contribution in [0.4, 0.5) is 0 Å². The third-order valence-electron chi connectivity index (χ3n) is 6.43. The van der Waals surface area contributed by atoms with E-state index < -0.39 is 0 Å². The maximum Gasteiger partial charge on any atom is 0.220 e. The Hall–Kier alpha value is -1.31. The van der Waals surface area contributed by atoms with Gasteiger partial charge in [0.05, 0.1) is 0 Å². The fraction of sp³-hybridized carbons (Fsp3) is 0.667. The zero-order valence-electron chi connectivity index (χ0n) is 14.3. The van der Waals surface area contributed by atoms with Crippen LogP contribution in [0.25, 0.3) is 0 Å². The second-order valence-corrected chi connectivity index (χ2v) is 8.59. The molecule has 23 heavy (non-hydrogen) atoms. The van der Waals surface area contributed by atoms with Crippen molar-refractivity contribution in [1.29, 1.82) is 0 Å². The van der Waals surface area contributed by atoms with Crippen LogP contribution in [0.3, 0.4) is 0 Å². The van der Waals surface area contributed by atoms with E-state index in [4.69, 9.17) is 0 Å². The summed E-state index contributed by atoms with van der Waals surface area (Å²) in [6.45, 7) is 2.11. The van der Waals surface area contributed by atoms with Crippen LogP contribution in [-0.4, -0.2) is 11.4 Å². The number of hydrogen-bond acceptors (Lipinski definition) is 1. The molecule has 4 aliphatic carbocycles. The highest BCUT2D eigenvalue weighted by atomic mass is 16.1. The van der Waals surface area contributed by atoms with Gasteiger partial charge in [0.25, 0.3) is 0 Å². The molecule has 0 atom stereocenters. The highest BCUT2D eigenvalue weighted by molar-refractivity contribution is 5.76. The number of aryl methyl sites for hydroxylation is 2. The molecule has 0 spiro atoms. The lowest BCUT2D eigenvalue weighted by Gasteiger charge is -2.56. The number of hydrogen-bond donors (Lipinski definition) is 1. The van der Waals surface area contributed by atoms with E-state index in [0.29, 0.717) is 12.3 Å². The van der Waals surface area contributed by atoms with Gasteiger partial charge in [-0.25, -0.2) is 0 Å². The molecular weight excluding hydrogens is 282 g/mol. The first kappa shape index (κ1) is 15.2. The zero-order chi connectivity index (χ0) is 15.9. The van der Waals surface area contributed by atoms with Gasteiger partial charge in [-0.1, -0.05) is 29.8 Å². The second kappa shape index (κ2) is 5.96. The topological polar surface area (TPSA) is 29.1 Å². The van der Waals surface area contributed by atoms with E-state index in [9.17, 15) is 4.79 Å². The molecule has 2 nitrogen and oxygen atoms in total. The number of carbonyl (C=O) groups excluding carboxylic acids is 1. The molecule has 1 N–H and O–H groups in total. The molecule has 0 saturated heterocycles. The third-order valence-corrected chi connectivity index (χ3v) is 6.43. The lowest BCUT2D eigenvalue weighted by Crippen LogP contribution is -2.59. The van der Waals surface area contributed by atoms with Crippen LogP contribution in [0.1, 0.15) is 62.5 Å². The van der Waals surface area contributed by atoms with Crippen molar-refractivity contribution in [2.75, 3.05) is 0 Å². The summed E-state index contributed by atoms with van der Waals surface area (Å²) in [4.78, 5) is 12.5. The Kier molecular flexibility index (Phi) is 3.95. The van der Waals surface area contributed by atoms with E-state index in [0.717, 1.165) is 30.6 Å². The van der Waals surface area contributed by atoms with Crippen molar-refractivity contribution in [2.24, 2.45) is 17.8 Å². The number of nitrogens with one attached hydrogen (secondary N) is 1. The first-order valence-electron chi connectivity index (χ1n) is 9.47. The summed E-state index contributed by atoms with van der Waals surface area (Å²) >= 11 is 0. The van der Waals surface area contributed by atoms with Crippen molar-refractivity contribution in [3.8, 4) is 0 Å². The molecule has 4 aliphatic rings. The van der Waals surface area contributed by atoms with Crippen molar-refractivity contribution < 1.29 is 4.79 Å². The van der Waals surface area contributed by atoms with Gasteiger partial charge in [-0.2, -0.15) is 0 Å². The van der Waals surface area contributed by atoms with Gasteiger partial charge in [-0.05, 0) is 81.6 Å². The summed E-state index contributed by atoms with van der Waals surface area (Å²) in [5, 5.41) is 3.48. The van der Waals surface area contributed by atoms with Crippen molar-refractivity contribution in [1.82, 2.24) is 5.32 Å². The fourth-order valence-electron chi connectivity index (χ4n) is 5.83. The summed E-state index contributed by atoms with van der Waals surface area (Å²) < 4.78 is 0. The first-order chi connectivity index (χ1) is 11.1. The van der Waals surface area contributed by atoms with Crippen LogP contribution < -0.4 is 5.32 Å². The Morgan fingerprint density at radius 3 is 2.17 bits per heavy atom. The van der Waals surface area contributed by atoms with Gasteiger partial charge in [-0.15, -0.1) is 0 Å². The van der Waals surface area contributed by atoms with Crippen LogP contribution in [-0.2, 0) is 11.2 Å². The van der Waals surface area contributed by atoms with Gasteiger partial charge in [-0.3, -0.25) is 4.79 Å². The van der Waals surface area contributed by atoms with Crippen LogP contribution in [0.15, 0.2) is 24.3 Å². The van der Waals surface area contributed by atoms with Crippen molar-refractivity contribution in [2.45, 2.75) is 70.3 Å². The minimum Gasteiger partial charge on any atom is -0.351 e. The van der Waals surface area contributed by atoms with Crippen molar-refractivity contribution in [3.63, 3.8) is 0 Å². The summed E-state index contributed by atoms with van der Waals surface area (Å²) in [7, 11) is 0. The summed E-state index contributed by atoms with van der Waals surface area (Å²) in [6, 6.07) is 8.69. The minimum absolute atomic E-state index is 0.176. The maximum absolute atomic E-state index is 12.5. The van der Waals surface area contributed by atoms with Crippen LogP contribution in [0.5, 0.6) is 0 Å². The van der Waals surface area contributed by atoms with Crippen molar-refractivity contribution in [3.05, 3.63) is 35.4 Å². The molecule has 0 radical (unpaired) electrons. The maximum atomic E-state index is 12.5. The quantitative estimate of drug-likeness (QED) is 0.858. The Morgan fingerprint density at radius 2 is 1.61 bits per heavy atom. The van der Waals surface area contributed by atoms with Crippen molar-refractivity contribution >= 4 is 5.91 Å². The molecule has 0 unspecified atom stereocenters. The van der Waals surface area contributed by atoms with E-state index in [-0.39, 0.29) is 5.54 Å². The average molecular weight is 311 g/mol. The minimum atomic E-state index is 0.176. The smallest absolute Gasteiger partial charge is 0.220 e. The largest absolute Gasteiger partial charge is 0.351 e. The number of carbonyl (C=O) groups is 1. The van der Waals surface area contributed by atoms with Crippen LogP contribution in [0, 0.1) is 24.7 Å². The summed E-state index contributed by atoms with van der Waals surface area (Å²) in [5.41, 5.74) is 2.82. The molecule has 1 aromatic carbocycles. The molecule has 0 aliphatic heterocycles. The molecule has 124 valence electrons. The Morgan fingerprint density at radius 1 is 1.04 bits per heavy atom. The van der Waals surface area contributed by atoms with Gasteiger partial charge in [0.2, 0.25) is 5.91 Å². The summed E-state index contributed by atoms with van der Waals surface area (Å²) in [6.07, 6.45) is 10.7. The van der Waals surface area contributed by atoms with E-state index in [1.807, 2.05) is 0 Å². The lowest BCUT2D eigenvalue weighted by molar-refractivity contribution is -0.126. The van der Waals surface area contributed by atoms with Gasteiger partial charge in [0, 0.05) is 12.0 Å². The fourth-order valence-corrected chi connectivity index (χ4v) is 5.83. The van der Waals surface area contributed by atoms with E-state index in [1.54, 1.807) is 0 Å². The average Bonchev–Trinajstić information content (AvgIpc) is 2.47. The second-order valence-electron chi connectivity index (χ2n) is 8.59. The van der Waals surface area contributed by atoms with Gasteiger partial charge in [0.1, 0.15) is 0 Å². The molecule has 5 rings (SSSR count).